The second kappa shape index (κ2) is 8.08. The number of aromatic nitrogens is 2. The monoisotopic (exact) mass is 329 g/mol. The number of aromatic amines is 1. The van der Waals surface area contributed by atoms with E-state index < -0.39 is 6.04 Å². The number of H-pyrrole nitrogens is 1. The molecular formula is C18H27N5O. The van der Waals surface area contributed by atoms with Gasteiger partial charge in [0.15, 0.2) is 0 Å². The van der Waals surface area contributed by atoms with Crippen molar-refractivity contribution in [2.45, 2.75) is 26.4 Å². The van der Waals surface area contributed by atoms with Crippen molar-refractivity contribution in [1.82, 2.24) is 20.0 Å². The van der Waals surface area contributed by atoms with Gasteiger partial charge in [-0.2, -0.15) is 5.10 Å². The summed E-state index contributed by atoms with van der Waals surface area (Å²) in [7, 11) is 3.99. The van der Waals surface area contributed by atoms with E-state index in [2.05, 4.69) is 15.1 Å². The molecule has 0 radical (unpaired) electrons. The molecule has 2 aromatic rings. The molecule has 3 N–H and O–H groups in total. The molecule has 0 aliphatic carbocycles. The maximum atomic E-state index is 13.0. The van der Waals surface area contributed by atoms with Crippen molar-refractivity contribution in [3.63, 3.8) is 0 Å². The lowest BCUT2D eigenvalue weighted by Gasteiger charge is -2.27. The van der Waals surface area contributed by atoms with Crippen molar-refractivity contribution >= 4 is 5.91 Å². The highest BCUT2D eigenvalue weighted by Gasteiger charge is 2.26. The van der Waals surface area contributed by atoms with Crippen molar-refractivity contribution < 1.29 is 4.79 Å². The Bertz CT molecular complexity index is 646. The third kappa shape index (κ3) is 4.43. The van der Waals surface area contributed by atoms with Crippen molar-refractivity contribution in [1.29, 1.82) is 0 Å². The van der Waals surface area contributed by atoms with E-state index in [0.717, 1.165) is 29.1 Å². The highest BCUT2D eigenvalue weighted by Crippen LogP contribution is 2.20. The zero-order chi connectivity index (χ0) is 17.7. The van der Waals surface area contributed by atoms with E-state index in [1.807, 2.05) is 63.2 Å². The molecular weight excluding hydrogens is 302 g/mol. The largest absolute Gasteiger partial charge is 0.335 e. The fraction of sp³-hybridized carbons (Fsp3) is 0.444. The minimum atomic E-state index is -0.699. The SMILES string of the molecule is Cc1n[nH]c(C)c1C(N)C(=O)N(CCN(C)C)Cc1ccccc1. The van der Waals surface area contributed by atoms with Gasteiger partial charge in [-0.25, -0.2) is 0 Å². The molecule has 0 bridgehead atoms. The van der Waals surface area contributed by atoms with Crippen molar-refractivity contribution in [3.05, 3.63) is 52.8 Å². The number of hydrogen-bond donors (Lipinski definition) is 2. The Hall–Kier alpha value is -2.18. The average Bonchev–Trinajstić information content (AvgIpc) is 2.89. The predicted octanol–water partition coefficient (Wildman–Crippen LogP) is 1.62. The maximum Gasteiger partial charge on any atom is 0.244 e. The van der Waals surface area contributed by atoms with Gasteiger partial charge in [0.1, 0.15) is 6.04 Å². The Kier molecular flexibility index (Phi) is 6.11. The summed E-state index contributed by atoms with van der Waals surface area (Å²) in [4.78, 5) is 16.9. The maximum absolute atomic E-state index is 13.0. The molecule has 0 spiro atoms. The Labute approximate surface area is 143 Å². The van der Waals surface area contributed by atoms with Crippen LogP contribution in [0.15, 0.2) is 30.3 Å². The molecule has 6 heteroatoms. The van der Waals surface area contributed by atoms with Crippen LogP contribution < -0.4 is 5.73 Å². The van der Waals surface area contributed by atoms with Gasteiger partial charge in [-0.1, -0.05) is 30.3 Å². The van der Waals surface area contributed by atoms with Gasteiger partial charge in [-0.3, -0.25) is 9.89 Å². The molecule has 1 atom stereocenters. The Morgan fingerprint density at radius 2 is 1.88 bits per heavy atom. The number of nitrogens with two attached hydrogens (primary N) is 1. The highest BCUT2D eigenvalue weighted by atomic mass is 16.2. The first-order valence-corrected chi connectivity index (χ1v) is 8.14. The first-order chi connectivity index (χ1) is 11.4. The molecule has 1 heterocycles. The molecule has 1 unspecified atom stereocenters. The summed E-state index contributed by atoms with van der Waals surface area (Å²) in [6, 6.07) is 9.28. The van der Waals surface area contributed by atoms with Crippen LogP contribution in [0.2, 0.25) is 0 Å². The average molecular weight is 329 g/mol. The quantitative estimate of drug-likeness (QED) is 0.809. The van der Waals surface area contributed by atoms with E-state index in [9.17, 15) is 4.79 Å². The topological polar surface area (TPSA) is 78.2 Å². The minimum absolute atomic E-state index is 0.0756. The molecule has 1 aromatic heterocycles. The zero-order valence-corrected chi connectivity index (χ0v) is 14.9. The van der Waals surface area contributed by atoms with Gasteiger partial charge in [0.25, 0.3) is 0 Å². The number of nitrogens with zero attached hydrogens (tertiary/aromatic N) is 3. The molecule has 24 heavy (non-hydrogen) atoms. The third-order valence-electron chi connectivity index (χ3n) is 4.11. The lowest BCUT2D eigenvalue weighted by atomic mass is 10.0. The van der Waals surface area contributed by atoms with Crippen LogP contribution in [0.5, 0.6) is 0 Å². The lowest BCUT2D eigenvalue weighted by molar-refractivity contribution is -0.133. The lowest BCUT2D eigenvalue weighted by Crippen LogP contribution is -2.41. The Morgan fingerprint density at radius 1 is 1.21 bits per heavy atom. The number of carbonyl (C=O) groups is 1. The van der Waals surface area contributed by atoms with Crippen LogP contribution in [0.4, 0.5) is 0 Å². The molecule has 0 saturated carbocycles. The number of hydrogen-bond acceptors (Lipinski definition) is 4. The van der Waals surface area contributed by atoms with Gasteiger partial charge < -0.3 is 15.5 Å². The van der Waals surface area contributed by atoms with Gasteiger partial charge in [0.05, 0.1) is 5.69 Å². The normalized spacial score (nSPS) is 12.4. The highest BCUT2D eigenvalue weighted by molar-refractivity contribution is 5.83. The third-order valence-corrected chi connectivity index (χ3v) is 4.11. The van der Waals surface area contributed by atoms with E-state index in [4.69, 9.17) is 5.73 Å². The summed E-state index contributed by atoms with van der Waals surface area (Å²) in [5.41, 5.74) is 9.80. The smallest absolute Gasteiger partial charge is 0.244 e. The van der Waals surface area contributed by atoms with Crippen molar-refractivity contribution in [3.8, 4) is 0 Å². The summed E-state index contributed by atoms with van der Waals surface area (Å²) in [5.74, 6) is -0.0756. The Morgan fingerprint density at radius 3 is 2.42 bits per heavy atom. The molecule has 0 aliphatic rings. The number of carbonyl (C=O) groups excluding carboxylic acids is 1. The van der Waals surface area contributed by atoms with Crippen LogP contribution >= 0.6 is 0 Å². The second-order valence-corrected chi connectivity index (χ2v) is 6.37. The Balaban J connectivity index is 2.20. The fourth-order valence-electron chi connectivity index (χ4n) is 2.73. The van der Waals surface area contributed by atoms with Crippen LogP contribution in [0, 0.1) is 13.8 Å². The number of likely N-dealkylation sites (N-methyl/N-ethyl adjacent to an activating group) is 1. The summed E-state index contributed by atoms with van der Waals surface area (Å²) in [6.07, 6.45) is 0. The summed E-state index contributed by atoms with van der Waals surface area (Å²) < 4.78 is 0. The number of nitrogens with one attached hydrogen (secondary N) is 1. The van der Waals surface area contributed by atoms with Gasteiger partial charge >= 0.3 is 0 Å². The molecule has 130 valence electrons. The standard InChI is InChI=1S/C18H27N5O/c1-13-16(14(2)21-20-13)17(19)18(24)23(11-10-22(3)4)12-15-8-6-5-7-9-15/h5-9,17H,10-12,19H2,1-4H3,(H,20,21). The van der Waals surface area contributed by atoms with Crippen LogP contribution in [-0.4, -0.2) is 53.1 Å². The molecule has 1 aromatic carbocycles. The van der Waals surface area contributed by atoms with E-state index in [0.29, 0.717) is 13.1 Å². The fourth-order valence-corrected chi connectivity index (χ4v) is 2.73. The predicted molar refractivity (Wildman–Crippen MR) is 95.4 cm³/mol. The number of benzene rings is 1. The minimum Gasteiger partial charge on any atom is -0.335 e. The van der Waals surface area contributed by atoms with Crippen LogP contribution in [0.3, 0.4) is 0 Å². The van der Waals surface area contributed by atoms with Crippen LogP contribution in [0.25, 0.3) is 0 Å². The van der Waals surface area contributed by atoms with Crippen LogP contribution in [0.1, 0.15) is 28.6 Å². The van der Waals surface area contributed by atoms with E-state index in [1.54, 1.807) is 0 Å². The summed E-state index contributed by atoms with van der Waals surface area (Å²) in [5, 5.41) is 7.06. The first kappa shape index (κ1) is 18.2. The molecule has 2 rings (SSSR count). The second-order valence-electron chi connectivity index (χ2n) is 6.37. The number of rotatable bonds is 7. The van der Waals surface area contributed by atoms with Gasteiger partial charge in [-0.05, 0) is 33.5 Å². The molecule has 0 fully saturated rings. The molecule has 6 nitrogen and oxygen atoms in total. The van der Waals surface area contributed by atoms with E-state index in [1.165, 1.54) is 0 Å². The van der Waals surface area contributed by atoms with Crippen molar-refractivity contribution in [2.75, 3.05) is 27.2 Å². The summed E-state index contributed by atoms with van der Waals surface area (Å²) >= 11 is 0. The van der Waals surface area contributed by atoms with E-state index >= 15 is 0 Å². The van der Waals surface area contributed by atoms with Crippen LogP contribution in [-0.2, 0) is 11.3 Å². The van der Waals surface area contributed by atoms with Gasteiger partial charge in [0, 0.05) is 30.9 Å². The molecule has 0 saturated heterocycles. The van der Waals surface area contributed by atoms with Crippen molar-refractivity contribution in [2.24, 2.45) is 5.73 Å². The number of amides is 1. The number of aryl methyl sites for hydroxylation is 2. The van der Waals surface area contributed by atoms with Gasteiger partial charge in [0.2, 0.25) is 5.91 Å². The zero-order valence-electron chi connectivity index (χ0n) is 14.9. The summed E-state index contributed by atoms with van der Waals surface area (Å²) in [6.45, 7) is 5.73. The van der Waals surface area contributed by atoms with E-state index in [-0.39, 0.29) is 5.91 Å². The molecule has 0 aliphatic heterocycles. The molecule has 1 amide bonds. The first-order valence-electron chi connectivity index (χ1n) is 8.14. The van der Waals surface area contributed by atoms with Gasteiger partial charge in [-0.15, -0.1) is 0 Å².